The molecule has 0 saturated heterocycles. The lowest BCUT2D eigenvalue weighted by atomic mass is 10.1. The third kappa shape index (κ3) is 4.61. The minimum Gasteiger partial charge on any atom is -0.363 e. The van der Waals surface area contributed by atoms with E-state index in [9.17, 15) is 44.0 Å². The number of ether oxygens (including phenoxy) is 1. The Morgan fingerprint density at radius 1 is 0.818 bits per heavy atom. The molecule has 0 heterocycles. The lowest BCUT2D eigenvalue weighted by Gasteiger charge is -2.33. The molecule has 22 heavy (non-hydrogen) atoms. The number of hydrogen-bond donors (Lipinski definition) is 0. The SMILES string of the molecule is CC(OC(C)C(F)(F)C(F)C(F)(F)F)C(F)(F)C(F)N(C)F. The second kappa shape index (κ2) is 6.77. The molecule has 0 spiro atoms. The molecule has 0 rings (SSSR count). The summed E-state index contributed by atoms with van der Waals surface area (Å²) in [7, 11) is 0.268. The van der Waals surface area contributed by atoms with Gasteiger partial charge in [0, 0.05) is 7.05 Å². The van der Waals surface area contributed by atoms with Gasteiger partial charge >= 0.3 is 18.0 Å². The number of nitrogens with zero attached hydrogens (tertiary/aromatic N) is 1. The van der Waals surface area contributed by atoms with Crippen LogP contribution in [0.15, 0.2) is 0 Å². The first-order valence-corrected chi connectivity index (χ1v) is 5.70. The summed E-state index contributed by atoms with van der Waals surface area (Å²) in [5, 5.41) is -1.07. The summed E-state index contributed by atoms with van der Waals surface area (Å²) in [5.74, 6) is -9.87. The lowest BCUT2D eigenvalue weighted by Crippen LogP contribution is -2.54. The highest BCUT2D eigenvalue weighted by atomic mass is 19.4. The summed E-state index contributed by atoms with van der Waals surface area (Å²) < 4.78 is 131. The van der Waals surface area contributed by atoms with Crippen molar-refractivity contribution >= 4 is 0 Å². The molecule has 0 bridgehead atoms. The van der Waals surface area contributed by atoms with Crippen molar-refractivity contribution in [1.29, 1.82) is 0 Å². The molecule has 0 aliphatic heterocycles. The van der Waals surface area contributed by atoms with Crippen molar-refractivity contribution < 1.29 is 48.7 Å². The van der Waals surface area contributed by atoms with Crippen LogP contribution in [-0.4, -0.2) is 54.9 Å². The first kappa shape index (κ1) is 21.2. The lowest BCUT2D eigenvalue weighted by molar-refractivity contribution is -0.295. The van der Waals surface area contributed by atoms with Gasteiger partial charge in [0.1, 0.15) is 12.2 Å². The van der Waals surface area contributed by atoms with E-state index in [2.05, 4.69) is 4.74 Å². The molecule has 0 saturated carbocycles. The molecule has 0 aromatic carbocycles. The fraction of sp³-hybridized carbons (Fsp3) is 1.00. The van der Waals surface area contributed by atoms with E-state index in [1.807, 2.05) is 0 Å². The quantitative estimate of drug-likeness (QED) is 0.389. The van der Waals surface area contributed by atoms with E-state index in [1.54, 1.807) is 0 Å². The number of hydrogen-bond acceptors (Lipinski definition) is 2. The van der Waals surface area contributed by atoms with Gasteiger partial charge in [-0.05, 0) is 13.8 Å². The fourth-order valence-corrected chi connectivity index (χ4v) is 1.34. The maximum Gasteiger partial charge on any atom is 0.425 e. The summed E-state index contributed by atoms with van der Waals surface area (Å²) in [5.41, 5.74) is 0. The summed E-state index contributed by atoms with van der Waals surface area (Å²) in [6.07, 6.45) is -19.9. The van der Waals surface area contributed by atoms with Crippen LogP contribution in [0.4, 0.5) is 44.0 Å². The standard InChI is InChI=1S/C10H13F10NO/c1-4(8(13,14)6(11)10(17,18)19)22-5(2)9(15,16)7(12)21(3)20/h4-7H,1-3H3. The van der Waals surface area contributed by atoms with Crippen LogP contribution < -0.4 is 0 Å². The summed E-state index contributed by atoms with van der Waals surface area (Å²) in [6, 6.07) is 0. The van der Waals surface area contributed by atoms with Crippen molar-refractivity contribution in [1.82, 2.24) is 5.12 Å². The van der Waals surface area contributed by atoms with Crippen molar-refractivity contribution in [3.63, 3.8) is 0 Å². The minimum atomic E-state index is -5.95. The first-order chi connectivity index (χ1) is 9.56. The first-order valence-electron chi connectivity index (χ1n) is 5.70. The molecular formula is C10H13F10NO. The number of halogens is 10. The summed E-state index contributed by atoms with van der Waals surface area (Å²) >= 11 is 0. The van der Waals surface area contributed by atoms with Crippen molar-refractivity contribution in [3.05, 3.63) is 0 Å². The van der Waals surface area contributed by atoms with Crippen LogP contribution >= 0.6 is 0 Å². The topological polar surface area (TPSA) is 12.5 Å². The highest BCUT2D eigenvalue weighted by Crippen LogP contribution is 2.39. The van der Waals surface area contributed by atoms with Gasteiger partial charge in [-0.2, -0.15) is 22.0 Å². The monoisotopic (exact) mass is 353 g/mol. The van der Waals surface area contributed by atoms with E-state index in [0.29, 0.717) is 6.92 Å². The van der Waals surface area contributed by atoms with Gasteiger partial charge in [0.05, 0.1) is 0 Å². The van der Waals surface area contributed by atoms with Gasteiger partial charge < -0.3 is 4.74 Å². The molecule has 0 N–H and O–H groups in total. The molecule has 0 aliphatic carbocycles. The smallest absolute Gasteiger partial charge is 0.363 e. The van der Waals surface area contributed by atoms with Crippen LogP contribution in [0.1, 0.15) is 13.8 Å². The van der Waals surface area contributed by atoms with Crippen molar-refractivity contribution in [3.8, 4) is 0 Å². The van der Waals surface area contributed by atoms with E-state index in [4.69, 9.17) is 0 Å². The average molecular weight is 353 g/mol. The average Bonchev–Trinajstić information content (AvgIpc) is 2.34. The van der Waals surface area contributed by atoms with E-state index >= 15 is 0 Å². The van der Waals surface area contributed by atoms with Crippen molar-refractivity contribution in [2.45, 2.75) is 56.5 Å². The predicted octanol–water partition coefficient (Wildman–Crippen LogP) is 4.06. The molecule has 12 heteroatoms. The Balaban J connectivity index is 5.08. The molecule has 0 aromatic heterocycles. The van der Waals surface area contributed by atoms with E-state index in [1.165, 1.54) is 0 Å². The fourth-order valence-electron chi connectivity index (χ4n) is 1.34. The summed E-state index contributed by atoms with van der Waals surface area (Å²) in [4.78, 5) is 0. The zero-order chi connectivity index (χ0) is 18.1. The maximum atomic E-state index is 13.3. The Bertz CT molecular complexity index is 358. The van der Waals surface area contributed by atoms with E-state index in [-0.39, 0.29) is 14.0 Å². The molecule has 0 fully saturated rings. The van der Waals surface area contributed by atoms with E-state index < -0.39 is 47.8 Å². The number of alkyl halides is 9. The van der Waals surface area contributed by atoms with Crippen LogP contribution in [0.5, 0.6) is 0 Å². The zero-order valence-corrected chi connectivity index (χ0v) is 11.4. The van der Waals surface area contributed by atoms with Gasteiger partial charge in [0.15, 0.2) is 0 Å². The Kier molecular flexibility index (Phi) is 6.53. The minimum absolute atomic E-state index is 0.206. The second-order valence-corrected chi connectivity index (χ2v) is 4.53. The normalized spacial score (nSPS) is 19.9. The van der Waals surface area contributed by atoms with Crippen LogP contribution in [0, 0.1) is 0 Å². The molecule has 2 nitrogen and oxygen atoms in total. The van der Waals surface area contributed by atoms with Crippen LogP contribution in [0.2, 0.25) is 0 Å². The second-order valence-electron chi connectivity index (χ2n) is 4.53. The number of rotatable bonds is 7. The van der Waals surface area contributed by atoms with Gasteiger partial charge in [0.25, 0.3) is 6.17 Å². The maximum absolute atomic E-state index is 13.3. The van der Waals surface area contributed by atoms with Crippen molar-refractivity contribution in [2.24, 2.45) is 0 Å². The molecule has 0 amide bonds. The van der Waals surface area contributed by atoms with Gasteiger partial charge in [-0.25, -0.2) is 17.6 Å². The third-order valence-corrected chi connectivity index (χ3v) is 2.75. The van der Waals surface area contributed by atoms with Gasteiger partial charge in [-0.3, -0.25) is 0 Å². The van der Waals surface area contributed by atoms with Crippen LogP contribution in [-0.2, 0) is 4.74 Å². The van der Waals surface area contributed by atoms with Gasteiger partial charge in [-0.15, -0.1) is 9.60 Å². The Morgan fingerprint density at radius 2 is 1.18 bits per heavy atom. The largest absolute Gasteiger partial charge is 0.425 e. The summed E-state index contributed by atoms with van der Waals surface area (Å²) in [6.45, 7) is 0.542. The Labute approximate surface area is 118 Å². The van der Waals surface area contributed by atoms with Crippen molar-refractivity contribution in [2.75, 3.05) is 7.05 Å². The van der Waals surface area contributed by atoms with Gasteiger partial charge in [0.2, 0.25) is 6.30 Å². The molecule has 134 valence electrons. The molecule has 0 aliphatic rings. The highest BCUT2D eigenvalue weighted by Gasteiger charge is 2.61. The van der Waals surface area contributed by atoms with Crippen LogP contribution in [0.25, 0.3) is 0 Å². The van der Waals surface area contributed by atoms with Crippen LogP contribution in [0.3, 0.4) is 0 Å². The van der Waals surface area contributed by atoms with E-state index in [0.717, 1.165) is 0 Å². The highest BCUT2D eigenvalue weighted by molar-refractivity contribution is 4.90. The predicted molar refractivity (Wildman–Crippen MR) is 54.6 cm³/mol. The molecule has 0 aromatic rings. The molecular weight excluding hydrogens is 340 g/mol. The van der Waals surface area contributed by atoms with Gasteiger partial charge in [-0.1, -0.05) is 0 Å². The molecule has 4 unspecified atom stereocenters. The Morgan fingerprint density at radius 3 is 1.50 bits per heavy atom. The molecule has 0 radical (unpaired) electrons. The zero-order valence-electron chi connectivity index (χ0n) is 11.4. The Hall–Kier alpha value is -0.780. The molecule has 4 atom stereocenters. The third-order valence-electron chi connectivity index (χ3n) is 2.75.